The summed E-state index contributed by atoms with van der Waals surface area (Å²) in [4.78, 5) is 13.1. The van der Waals surface area contributed by atoms with Crippen LogP contribution in [0.15, 0.2) is 90.4 Å². The molecule has 5 nitrogen and oxygen atoms in total. The van der Waals surface area contributed by atoms with E-state index in [2.05, 4.69) is 29.6 Å². The molecule has 0 radical (unpaired) electrons. The summed E-state index contributed by atoms with van der Waals surface area (Å²) in [6.07, 6.45) is 1.50. The number of ether oxygens (including phenoxy) is 1. The van der Waals surface area contributed by atoms with Crippen molar-refractivity contribution < 1.29 is 18.8 Å². The molecule has 1 aliphatic heterocycles. The molecule has 0 unspecified atom stereocenters. The van der Waals surface area contributed by atoms with E-state index in [1.807, 2.05) is 94.4 Å². The van der Waals surface area contributed by atoms with Crippen LogP contribution < -0.4 is 5.32 Å². The minimum Gasteiger partial charge on any atom is -0.449 e. The Hall–Kier alpha value is -3.58. The Morgan fingerprint density at radius 3 is 2.10 bits per heavy atom. The molecule has 0 aromatic heterocycles. The zero-order chi connectivity index (χ0) is 28.8. The summed E-state index contributed by atoms with van der Waals surface area (Å²) in [5.74, 6) is -0.0101. The van der Waals surface area contributed by atoms with Gasteiger partial charge in [-0.1, -0.05) is 96.5 Å². The molecule has 4 aromatic carbocycles. The molecule has 1 amide bonds. The van der Waals surface area contributed by atoms with Gasteiger partial charge in [0.1, 0.15) is 6.61 Å². The molecule has 1 aliphatic carbocycles. The standard InChI is InChI=1S/C34H33BClNO4/c1-33(2)34(3,4)41-35(40-33)24(19-23-13-9-11-22-12-10-18-30(36)31(22)23)20-37-32(38)39-21-29-27-16-7-5-14-25(27)26-15-6-8-17-28(26)29/h5-19,29H,20-21H2,1-4H3,(H,37,38). The van der Waals surface area contributed by atoms with Gasteiger partial charge in [-0.15, -0.1) is 0 Å². The van der Waals surface area contributed by atoms with Crippen LogP contribution in [0.1, 0.15) is 50.3 Å². The highest BCUT2D eigenvalue weighted by atomic mass is 35.5. The Balaban J connectivity index is 1.23. The largest absolute Gasteiger partial charge is 0.492 e. The van der Waals surface area contributed by atoms with Gasteiger partial charge in [0.2, 0.25) is 0 Å². The molecule has 6 rings (SSSR count). The number of hydrogen-bond acceptors (Lipinski definition) is 4. The number of halogens is 1. The Morgan fingerprint density at radius 1 is 0.878 bits per heavy atom. The van der Waals surface area contributed by atoms with E-state index in [0.717, 1.165) is 21.8 Å². The highest BCUT2D eigenvalue weighted by Gasteiger charge is 2.52. The smallest absolute Gasteiger partial charge is 0.449 e. The first kappa shape index (κ1) is 27.6. The maximum atomic E-state index is 13.1. The second-order valence-corrected chi connectivity index (χ2v) is 12.1. The molecular formula is C34H33BClNO4. The van der Waals surface area contributed by atoms with Gasteiger partial charge in [-0.05, 0) is 72.4 Å². The van der Waals surface area contributed by atoms with E-state index in [1.165, 1.54) is 22.3 Å². The molecule has 1 N–H and O–H groups in total. The molecule has 0 spiro atoms. The normalized spacial score (nSPS) is 17.4. The molecule has 7 heteroatoms. The first-order valence-corrected chi connectivity index (χ1v) is 14.3. The second-order valence-electron chi connectivity index (χ2n) is 11.7. The molecule has 0 saturated carbocycles. The van der Waals surface area contributed by atoms with Gasteiger partial charge in [-0.3, -0.25) is 0 Å². The topological polar surface area (TPSA) is 56.8 Å². The lowest BCUT2D eigenvalue weighted by molar-refractivity contribution is 0.00578. The number of fused-ring (bicyclic) bond motifs is 4. The van der Waals surface area contributed by atoms with Crippen molar-refractivity contribution in [3.8, 4) is 11.1 Å². The van der Waals surface area contributed by atoms with Crippen molar-refractivity contribution in [2.75, 3.05) is 13.2 Å². The number of nitrogens with one attached hydrogen (secondary N) is 1. The third-order valence-corrected chi connectivity index (χ3v) is 8.88. The number of benzene rings is 4. The maximum absolute atomic E-state index is 13.1. The van der Waals surface area contributed by atoms with Crippen molar-refractivity contribution in [1.29, 1.82) is 0 Å². The van der Waals surface area contributed by atoms with Crippen LogP contribution >= 0.6 is 11.6 Å². The molecular weight excluding hydrogens is 533 g/mol. The number of carbonyl (C=O) groups excluding carboxylic acids is 1. The highest BCUT2D eigenvalue weighted by molar-refractivity contribution is 6.56. The highest BCUT2D eigenvalue weighted by Crippen LogP contribution is 2.44. The van der Waals surface area contributed by atoms with Gasteiger partial charge in [-0.2, -0.15) is 0 Å². The molecule has 41 heavy (non-hydrogen) atoms. The van der Waals surface area contributed by atoms with Gasteiger partial charge in [0, 0.05) is 22.9 Å². The summed E-state index contributed by atoms with van der Waals surface area (Å²) in [7, 11) is -0.647. The van der Waals surface area contributed by atoms with Gasteiger partial charge in [0.05, 0.1) is 11.2 Å². The van der Waals surface area contributed by atoms with Crippen LogP contribution in [0.3, 0.4) is 0 Å². The van der Waals surface area contributed by atoms with Crippen LogP contribution in [0.4, 0.5) is 4.79 Å². The fourth-order valence-corrected chi connectivity index (χ4v) is 5.95. The Kier molecular flexibility index (Phi) is 7.19. The molecule has 208 valence electrons. The van der Waals surface area contributed by atoms with Gasteiger partial charge in [-0.25, -0.2) is 4.79 Å². The van der Waals surface area contributed by atoms with Crippen molar-refractivity contribution in [2.24, 2.45) is 0 Å². The fraction of sp³-hybridized carbons (Fsp3) is 0.265. The lowest BCUT2D eigenvalue weighted by Crippen LogP contribution is -2.41. The van der Waals surface area contributed by atoms with E-state index in [0.29, 0.717) is 5.02 Å². The van der Waals surface area contributed by atoms with Gasteiger partial charge < -0.3 is 19.4 Å². The van der Waals surface area contributed by atoms with E-state index in [4.69, 9.17) is 25.6 Å². The summed E-state index contributed by atoms with van der Waals surface area (Å²) in [5.41, 5.74) is 5.36. The van der Waals surface area contributed by atoms with E-state index in [-0.39, 0.29) is 19.1 Å². The predicted molar refractivity (Wildman–Crippen MR) is 166 cm³/mol. The minimum atomic E-state index is -0.647. The van der Waals surface area contributed by atoms with Crippen molar-refractivity contribution in [2.45, 2.75) is 44.8 Å². The average Bonchev–Trinajstić information content (AvgIpc) is 3.38. The quantitative estimate of drug-likeness (QED) is 0.240. The first-order valence-electron chi connectivity index (χ1n) is 14.0. The number of amides is 1. The molecule has 4 aromatic rings. The summed E-state index contributed by atoms with van der Waals surface area (Å²) >= 11 is 6.62. The number of carbonyl (C=O) groups is 1. The average molecular weight is 566 g/mol. The summed E-state index contributed by atoms with van der Waals surface area (Å²) in [6, 6.07) is 28.5. The SMILES string of the molecule is CC1(C)OB(C(=Cc2cccc3cccc(Cl)c23)CNC(=O)OCC2c3ccccc3-c3ccccc32)OC1(C)C. The summed E-state index contributed by atoms with van der Waals surface area (Å²) < 4.78 is 18.5. The van der Waals surface area contributed by atoms with Gasteiger partial charge in [0.15, 0.2) is 0 Å². The van der Waals surface area contributed by atoms with Crippen LogP contribution in [0, 0.1) is 0 Å². The van der Waals surface area contributed by atoms with Gasteiger partial charge in [0.25, 0.3) is 0 Å². The van der Waals surface area contributed by atoms with Crippen molar-refractivity contribution in [3.05, 3.63) is 112 Å². The van der Waals surface area contributed by atoms with Crippen LogP contribution in [-0.2, 0) is 14.0 Å². The monoisotopic (exact) mass is 565 g/mol. The van der Waals surface area contributed by atoms with Crippen molar-refractivity contribution in [1.82, 2.24) is 5.32 Å². The van der Waals surface area contributed by atoms with E-state index < -0.39 is 24.4 Å². The molecule has 2 aliphatic rings. The molecule has 1 saturated heterocycles. The lowest BCUT2D eigenvalue weighted by Gasteiger charge is -2.32. The van der Waals surface area contributed by atoms with E-state index in [9.17, 15) is 4.79 Å². The molecule has 0 bridgehead atoms. The number of hydrogen-bond donors (Lipinski definition) is 1. The second kappa shape index (κ2) is 10.7. The fourth-order valence-electron chi connectivity index (χ4n) is 5.66. The Bertz CT molecular complexity index is 1600. The van der Waals surface area contributed by atoms with Crippen LogP contribution in [-0.4, -0.2) is 37.6 Å². The summed E-state index contributed by atoms with van der Waals surface area (Å²) in [6.45, 7) is 8.48. The third kappa shape index (κ3) is 5.16. The number of alkyl carbamates (subject to hydrolysis) is 1. The predicted octanol–water partition coefficient (Wildman–Crippen LogP) is 8.05. The molecule has 1 heterocycles. The van der Waals surface area contributed by atoms with Crippen molar-refractivity contribution in [3.63, 3.8) is 0 Å². The lowest BCUT2D eigenvalue weighted by atomic mass is 9.76. The number of rotatable bonds is 6. The van der Waals surface area contributed by atoms with Crippen LogP contribution in [0.2, 0.25) is 5.02 Å². The van der Waals surface area contributed by atoms with E-state index in [1.54, 1.807) is 0 Å². The third-order valence-electron chi connectivity index (χ3n) is 8.56. The Labute approximate surface area is 246 Å². The van der Waals surface area contributed by atoms with E-state index >= 15 is 0 Å². The zero-order valence-corrected chi connectivity index (χ0v) is 24.5. The molecule has 1 fully saturated rings. The minimum absolute atomic E-state index is 0.0101. The zero-order valence-electron chi connectivity index (χ0n) is 23.7. The van der Waals surface area contributed by atoms with Gasteiger partial charge >= 0.3 is 13.2 Å². The summed E-state index contributed by atoms with van der Waals surface area (Å²) in [5, 5.41) is 5.57. The Morgan fingerprint density at radius 2 is 1.46 bits per heavy atom. The van der Waals surface area contributed by atoms with Crippen LogP contribution in [0.25, 0.3) is 28.0 Å². The molecule has 0 atom stereocenters. The van der Waals surface area contributed by atoms with Crippen LogP contribution in [0.5, 0.6) is 0 Å². The van der Waals surface area contributed by atoms with Crippen molar-refractivity contribution >= 4 is 41.7 Å². The maximum Gasteiger partial charge on any atom is 0.492 e. The first-order chi connectivity index (χ1) is 19.6.